The summed E-state index contributed by atoms with van der Waals surface area (Å²) in [7, 11) is 0. The molecule has 0 spiro atoms. The van der Waals surface area contributed by atoms with Gasteiger partial charge < -0.3 is 0 Å². The van der Waals surface area contributed by atoms with Crippen molar-refractivity contribution in [2.24, 2.45) is 0 Å². The van der Waals surface area contributed by atoms with Crippen LogP contribution in [-0.4, -0.2) is 34.9 Å². The minimum atomic E-state index is 0.591. The van der Waals surface area contributed by atoms with E-state index in [4.69, 9.17) is 34.9 Å². The first-order chi connectivity index (χ1) is 32.5. The second-order valence-corrected chi connectivity index (χ2v) is 16.2. The van der Waals surface area contributed by atoms with Gasteiger partial charge in [0, 0.05) is 50.3 Å². The van der Waals surface area contributed by atoms with E-state index in [1.807, 2.05) is 104 Å². The Labute approximate surface area is 383 Å². The first-order valence-electron chi connectivity index (χ1n) is 22.0. The van der Waals surface area contributed by atoms with Crippen molar-refractivity contribution in [2.45, 2.75) is 13.8 Å². The van der Waals surface area contributed by atoms with Crippen molar-refractivity contribution in [3.63, 3.8) is 0 Å². The molecule has 11 rings (SSSR count). The lowest BCUT2D eigenvalue weighted by atomic mass is 9.88. The smallest absolute Gasteiger partial charge is 0.164 e. The van der Waals surface area contributed by atoms with Crippen molar-refractivity contribution in [3.05, 3.63) is 224 Å². The lowest BCUT2D eigenvalue weighted by Gasteiger charge is -2.17. The maximum absolute atomic E-state index is 5.14. The Morgan fingerprint density at radius 3 is 1.21 bits per heavy atom. The zero-order chi connectivity index (χ0) is 44.4. The summed E-state index contributed by atoms with van der Waals surface area (Å²) in [6, 6.07) is 72.7. The Balaban J connectivity index is 1.06. The van der Waals surface area contributed by atoms with Crippen LogP contribution in [0.15, 0.2) is 212 Å². The molecule has 0 N–H and O–H groups in total. The minimum Gasteiger partial charge on any atom is -0.258 e. The molecule has 0 fully saturated rings. The lowest BCUT2D eigenvalue weighted by Crippen LogP contribution is -2.01. The Morgan fingerprint density at radius 1 is 0.227 bits per heavy atom. The Bertz CT molecular complexity index is 3480. The maximum atomic E-state index is 5.14. The Hall–Kier alpha value is -8.81. The first-order valence-corrected chi connectivity index (χ1v) is 22.0. The molecule has 0 aliphatic heterocycles. The minimum absolute atomic E-state index is 0.591. The van der Waals surface area contributed by atoms with Crippen LogP contribution in [0, 0.1) is 13.8 Å². The fourth-order valence-electron chi connectivity index (χ4n) is 8.50. The highest BCUT2D eigenvalue weighted by atomic mass is 15.0. The van der Waals surface area contributed by atoms with E-state index in [0.717, 1.165) is 88.9 Å². The van der Waals surface area contributed by atoms with E-state index in [1.54, 1.807) is 0 Å². The fourth-order valence-corrected chi connectivity index (χ4v) is 8.50. The number of pyridine rings is 1. The van der Waals surface area contributed by atoms with E-state index in [2.05, 4.69) is 122 Å². The summed E-state index contributed by atoms with van der Waals surface area (Å²) in [6.45, 7) is 4.09. The predicted octanol–water partition coefficient (Wildman–Crippen LogP) is 14.2. The van der Waals surface area contributed by atoms with Gasteiger partial charge in [-0.2, -0.15) is 0 Å². The molecule has 312 valence electrons. The summed E-state index contributed by atoms with van der Waals surface area (Å²) in [5, 5.41) is 2.29. The average molecular weight is 848 g/mol. The number of nitrogens with zero attached hydrogens (tertiary/aromatic N) is 7. The maximum Gasteiger partial charge on any atom is 0.164 e. The number of aromatic nitrogens is 7. The highest BCUT2D eigenvalue weighted by molar-refractivity contribution is 5.93. The van der Waals surface area contributed by atoms with Crippen molar-refractivity contribution in [1.82, 2.24) is 34.9 Å². The number of benzene rings is 8. The summed E-state index contributed by atoms with van der Waals surface area (Å²) in [5.41, 5.74) is 13.7. The zero-order valence-corrected chi connectivity index (χ0v) is 36.3. The lowest BCUT2D eigenvalue weighted by molar-refractivity contribution is 1.07. The molecule has 3 heterocycles. The van der Waals surface area contributed by atoms with Gasteiger partial charge >= 0.3 is 0 Å². The standard InChI is InChI=1S/C59H41N7/c1-38-26-34-49(39(2)60-38)47-33-35-51(50-24-14-15-25-52(50)59-65-55(43-19-8-4-9-20-43)62-56(66-59)44-21-10-5-11-22-44)53(37-47)41-28-30-45(31-29-41)57-61-54(42-17-6-3-7-18-42)63-58(64-57)48-32-27-40-16-12-13-23-46(40)36-48/h3-37H,1-2H3. The molecule has 0 saturated heterocycles. The Morgan fingerprint density at radius 2 is 0.636 bits per heavy atom. The van der Waals surface area contributed by atoms with Crippen molar-refractivity contribution in [1.29, 1.82) is 0 Å². The van der Waals surface area contributed by atoms with E-state index < -0.39 is 0 Å². The second kappa shape index (κ2) is 17.4. The number of hydrogen-bond acceptors (Lipinski definition) is 7. The molecule has 11 aromatic rings. The van der Waals surface area contributed by atoms with Crippen LogP contribution in [0.5, 0.6) is 0 Å². The monoisotopic (exact) mass is 847 g/mol. The third-order valence-corrected chi connectivity index (χ3v) is 11.8. The molecular formula is C59H41N7. The summed E-state index contributed by atoms with van der Waals surface area (Å²) < 4.78 is 0. The van der Waals surface area contributed by atoms with E-state index in [0.29, 0.717) is 34.9 Å². The van der Waals surface area contributed by atoms with Crippen LogP contribution in [-0.2, 0) is 0 Å². The summed E-state index contributed by atoms with van der Waals surface area (Å²) in [4.78, 5) is 35.2. The summed E-state index contributed by atoms with van der Waals surface area (Å²) in [5.74, 6) is 3.64. The first kappa shape index (κ1) is 40.0. The van der Waals surface area contributed by atoms with Crippen molar-refractivity contribution in [2.75, 3.05) is 0 Å². The number of rotatable bonds is 9. The molecule has 3 aromatic heterocycles. The molecule has 7 nitrogen and oxygen atoms in total. The predicted molar refractivity (Wildman–Crippen MR) is 267 cm³/mol. The summed E-state index contributed by atoms with van der Waals surface area (Å²) >= 11 is 0. The average Bonchev–Trinajstić information content (AvgIpc) is 3.39. The molecule has 8 aromatic carbocycles. The largest absolute Gasteiger partial charge is 0.258 e. The van der Waals surface area contributed by atoms with Gasteiger partial charge in [0.2, 0.25) is 0 Å². The second-order valence-electron chi connectivity index (χ2n) is 16.2. The molecule has 66 heavy (non-hydrogen) atoms. The molecule has 0 bridgehead atoms. The van der Waals surface area contributed by atoms with Gasteiger partial charge in [-0.3, -0.25) is 4.98 Å². The van der Waals surface area contributed by atoms with E-state index in [1.165, 1.54) is 0 Å². The molecule has 0 radical (unpaired) electrons. The van der Waals surface area contributed by atoms with Gasteiger partial charge in [-0.15, -0.1) is 0 Å². The third kappa shape index (κ3) is 8.02. The van der Waals surface area contributed by atoms with Gasteiger partial charge in [0.05, 0.1) is 0 Å². The summed E-state index contributed by atoms with van der Waals surface area (Å²) in [6.07, 6.45) is 0. The molecule has 0 unspecified atom stereocenters. The number of hydrogen-bond donors (Lipinski definition) is 0. The molecular weight excluding hydrogens is 807 g/mol. The highest BCUT2D eigenvalue weighted by Gasteiger charge is 2.20. The van der Waals surface area contributed by atoms with Crippen LogP contribution in [0.4, 0.5) is 0 Å². The molecule has 7 heteroatoms. The van der Waals surface area contributed by atoms with Crippen molar-refractivity contribution < 1.29 is 0 Å². The van der Waals surface area contributed by atoms with Gasteiger partial charge in [-0.25, -0.2) is 29.9 Å². The van der Waals surface area contributed by atoms with Crippen LogP contribution >= 0.6 is 0 Å². The third-order valence-electron chi connectivity index (χ3n) is 11.8. The van der Waals surface area contributed by atoms with Gasteiger partial charge in [0.1, 0.15) is 0 Å². The quantitative estimate of drug-likeness (QED) is 0.143. The van der Waals surface area contributed by atoms with E-state index in [9.17, 15) is 0 Å². The topological polar surface area (TPSA) is 90.2 Å². The highest BCUT2D eigenvalue weighted by Crippen LogP contribution is 2.41. The number of aryl methyl sites for hydroxylation is 2. The van der Waals surface area contributed by atoms with Gasteiger partial charge in [-0.05, 0) is 70.6 Å². The molecule has 0 amide bonds. The van der Waals surface area contributed by atoms with E-state index >= 15 is 0 Å². The van der Waals surface area contributed by atoms with Crippen LogP contribution in [0.25, 0.3) is 112 Å². The SMILES string of the molecule is Cc1ccc(-c2ccc(-c3ccccc3-c3nc(-c4ccccc4)nc(-c4ccccc4)n3)c(-c3ccc(-c4nc(-c5ccccc5)nc(-c5ccc6ccccc6c5)n4)cc3)c2)c(C)n1. The van der Waals surface area contributed by atoms with Crippen molar-refractivity contribution >= 4 is 10.8 Å². The van der Waals surface area contributed by atoms with Crippen LogP contribution in [0.2, 0.25) is 0 Å². The molecule has 0 saturated carbocycles. The van der Waals surface area contributed by atoms with Gasteiger partial charge in [0.25, 0.3) is 0 Å². The van der Waals surface area contributed by atoms with Gasteiger partial charge in [-0.1, -0.05) is 194 Å². The fraction of sp³-hybridized carbons (Fsp3) is 0.0339. The van der Waals surface area contributed by atoms with E-state index in [-0.39, 0.29) is 0 Å². The van der Waals surface area contributed by atoms with Crippen molar-refractivity contribution in [3.8, 4) is 102 Å². The normalized spacial score (nSPS) is 11.2. The van der Waals surface area contributed by atoms with Crippen LogP contribution in [0.3, 0.4) is 0 Å². The Kier molecular flexibility index (Phi) is 10.5. The van der Waals surface area contributed by atoms with Crippen LogP contribution < -0.4 is 0 Å². The zero-order valence-electron chi connectivity index (χ0n) is 36.3. The van der Waals surface area contributed by atoms with Crippen LogP contribution in [0.1, 0.15) is 11.4 Å². The molecule has 0 aliphatic rings. The van der Waals surface area contributed by atoms with Gasteiger partial charge in [0.15, 0.2) is 34.9 Å². The number of fused-ring (bicyclic) bond motifs is 1. The molecule has 0 atom stereocenters. The molecule has 0 aliphatic carbocycles.